The molecule has 0 saturated carbocycles. The van der Waals surface area contributed by atoms with E-state index in [-0.39, 0.29) is 12.0 Å². The molecule has 0 aromatic heterocycles. The van der Waals surface area contributed by atoms with Crippen LogP contribution < -0.4 is 10.1 Å². The second-order valence-corrected chi connectivity index (χ2v) is 4.97. The van der Waals surface area contributed by atoms with Gasteiger partial charge in [-0.3, -0.25) is 0 Å². The Morgan fingerprint density at radius 1 is 1.41 bits per heavy atom. The van der Waals surface area contributed by atoms with Crippen molar-refractivity contribution in [2.45, 2.75) is 18.3 Å². The molecule has 94 valence electrons. The maximum absolute atomic E-state index is 9.78. The highest BCUT2D eigenvalue weighted by atomic mass is 35.5. The maximum atomic E-state index is 9.78. The average Bonchev–Trinajstić information content (AvgIpc) is 2.39. The molecule has 2 rings (SSSR count). The van der Waals surface area contributed by atoms with Gasteiger partial charge in [-0.15, -0.1) is 0 Å². The zero-order valence-electron chi connectivity index (χ0n) is 10.0. The van der Waals surface area contributed by atoms with Crippen molar-refractivity contribution in [2.24, 2.45) is 0 Å². The molecule has 1 aliphatic heterocycles. The third kappa shape index (κ3) is 2.41. The van der Waals surface area contributed by atoms with E-state index >= 15 is 0 Å². The molecule has 17 heavy (non-hydrogen) atoms. The summed E-state index contributed by atoms with van der Waals surface area (Å²) < 4.78 is 5.39. The minimum absolute atomic E-state index is 0.130. The van der Waals surface area contributed by atoms with Crippen molar-refractivity contribution in [3.05, 3.63) is 28.8 Å². The van der Waals surface area contributed by atoms with Crippen molar-refractivity contribution >= 4 is 11.6 Å². The monoisotopic (exact) mass is 255 g/mol. The molecule has 0 atom stereocenters. The number of hydrogen-bond donors (Lipinski definition) is 2. The Morgan fingerprint density at radius 2 is 2.12 bits per heavy atom. The molecule has 1 heterocycles. The molecule has 1 fully saturated rings. The Labute approximate surface area is 107 Å². The van der Waals surface area contributed by atoms with Crippen LogP contribution in [0, 0.1) is 0 Å². The van der Waals surface area contributed by atoms with Gasteiger partial charge in [0, 0.05) is 16.0 Å². The Balaban J connectivity index is 2.44. The van der Waals surface area contributed by atoms with Crippen molar-refractivity contribution in [3.8, 4) is 5.75 Å². The summed E-state index contributed by atoms with van der Waals surface area (Å²) in [6.45, 7) is 1.96. The van der Waals surface area contributed by atoms with Crippen LogP contribution in [-0.2, 0) is 5.41 Å². The number of methoxy groups -OCH3 is 1. The van der Waals surface area contributed by atoms with Crippen LogP contribution in [0.4, 0.5) is 0 Å². The maximum Gasteiger partial charge on any atom is 0.122 e. The first-order valence-corrected chi connectivity index (χ1v) is 6.25. The van der Waals surface area contributed by atoms with Gasteiger partial charge in [-0.1, -0.05) is 11.6 Å². The van der Waals surface area contributed by atoms with Gasteiger partial charge in [-0.05, 0) is 44.1 Å². The van der Waals surface area contributed by atoms with Gasteiger partial charge in [0.15, 0.2) is 0 Å². The first-order valence-electron chi connectivity index (χ1n) is 5.87. The lowest BCUT2D eigenvalue weighted by Crippen LogP contribution is -2.42. The number of aliphatic hydroxyl groups excluding tert-OH is 1. The lowest BCUT2D eigenvalue weighted by Gasteiger charge is -2.37. The van der Waals surface area contributed by atoms with Gasteiger partial charge in [0.05, 0.1) is 13.7 Å². The highest BCUT2D eigenvalue weighted by Crippen LogP contribution is 2.39. The summed E-state index contributed by atoms with van der Waals surface area (Å²) in [5.41, 5.74) is 0.804. The van der Waals surface area contributed by atoms with Gasteiger partial charge in [-0.2, -0.15) is 0 Å². The molecule has 4 heteroatoms. The fourth-order valence-corrected chi connectivity index (χ4v) is 2.68. The number of ether oxygens (including phenoxy) is 1. The normalized spacial score (nSPS) is 19.0. The summed E-state index contributed by atoms with van der Waals surface area (Å²) in [4.78, 5) is 0. The zero-order chi connectivity index (χ0) is 12.3. The molecule has 0 unspecified atom stereocenters. The number of hydrogen-bond acceptors (Lipinski definition) is 3. The number of nitrogens with one attached hydrogen (secondary N) is 1. The smallest absolute Gasteiger partial charge is 0.122 e. The standard InChI is InChI=1S/C13H18ClNO2/c1-17-12-3-2-10(14)8-11(12)13(9-16)4-6-15-7-5-13/h2-3,8,15-16H,4-7,9H2,1H3. The van der Waals surface area contributed by atoms with Gasteiger partial charge in [0.2, 0.25) is 0 Å². The number of benzene rings is 1. The molecule has 0 bridgehead atoms. The Morgan fingerprint density at radius 3 is 2.71 bits per heavy atom. The van der Waals surface area contributed by atoms with E-state index in [0.717, 1.165) is 37.2 Å². The average molecular weight is 256 g/mol. The van der Waals surface area contributed by atoms with E-state index in [2.05, 4.69) is 5.32 Å². The van der Waals surface area contributed by atoms with Gasteiger partial charge >= 0.3 is 0 Å². The van der Waals surface area contributed by atoms with Gasteiger partial charge in [0.1, 0.15) is 5.75 Å². The van der Waals surface area contributed by atoms with Crippen LogP contribution in [0.25, 0.3) is 0 Å². The van der Waals surface area contributed by atoms with Crippen LogP contribution in [0.2, 0.25) is 5.02 Å². The molecule has 1 aromatic carbocycles. The van der Waals surface area contributed by atoms with Crippen molar-refractivity contribution in [1.82, 2.24) is 5.32 Å². The van der Waals surface area contributed by atoms with Crippen molar-refractivity contribution in [1.29, 1.82) is 0 Å². The van der Waals surface area contributed by atoms with E-state index in [1.807, 2.05) is 18.2 Å². The molecule has 0 aliphatic carbocycles. The largest absolute Gasteiger partial charge is 0.496 e. The van der Waals surface area contributed by atoms with Gasteiger partial charge < -0.3 is 15.2 Å². The lowest BCUT2D eigenvalue weighted by molar-refractivity contribution is 0.155. The van der Waals surface area contributed by atoms with Crippen LogP contribution in [-0.4, -0.2) is 31.9 Å². The zero-order valence-corrected chi connectivity index (χ0v) is 10.8. The minimum Gasteiger partial charge on any atom is -0.496 e. The predicted octanol–water partition coefficient (Wildman–Crippen LogP) is 1.96. The topological polar surface area (TPSA) is 41.5 Å². The molecule has 0 radical (unpaired) electrons. The van der Waals surface area contributed by atoms with E-state index < -0.39 is 0 Å². The highest BCUT2D eigenvalue weighted by molar-refractivity contribution is 6.30. The van der Waals surface area contributed by atoms with Gasteiger partial charge in [-0.25, -0.2) is 0 Å². The summed E-state index contributed by atoms with van der Waals surface area (Å²) in [5.74, 6) is 0.811. The number of rotatable bonds is 3. The summed E-state index contributed by atoms with van der Waals surface area (Å²) in [7, 11) is 1.65. The summed E-state index contributed by atoms with van der Waals surface area (Å²) in [6, 6.07) is 5.61. The third-order valence-corrected chi connectivity index (χ3v) is 3.83. The fraction of sp³-hybridized carbons (Fsp3) is 0.538. The van der Waals surface area contributed by atoms with Gasteiger partial charge in [0.25, 0.3) is 0 Å². The van der Waals surface area contributed by atoms with E-state index in [0.29, 0.717) is 5.02 Å². The second-order valence-electron chi connectivity index (χ2n) is 4.53. The molecule has 2 N–H and O–H groups in total. The van der Waals surface area contributed by atoms with E-state index in [9.17, 15) is 5.11 Å². The summed E-state index contributed by atoms with van der Waals surface area (Å²) in [6.07, 6.45) is 1.81. The highest BCUT2D eigenvalue weighted by Gasteiger charge is 2.35. The first kappa shape index (κ1) is 12.7. The van der Waals surface area contributed by atoms with Crippen LogP contribution in [0.15, 0.2) is 18.2 Å². The molecule has 1 saturated heterocycles. The predicted molar refractivity (Wildman–Crippen MR) is 68.9 cm³/mol. The number of aliphatic hydroxyl groups is 1. The molecule has 1 aromatic rings. The van der Waals surface area contributed by atoms with Crippen LogP contribution >= 0.6 is 11.6 Å². The molecule has 3 nitrogen and oxygen atoms in total. The molecule has 0 spiro atoms. The quantitative estimate of drug-likeness (QED) is 0.868. The van der Waals surface area contributed by atoms with E-state index in [1.165, 1.54) is 0 Å². The van der Waals surface area contributed by atoms with Crippen molar-refractivity contribution in [2.75, 3.05) is 26.8 Å². The molecule has 0 amide bonds. The lowest BCUT2D eigenvalue weighted by atomic mass is 9.73. The first-order chi connectivity index (χ1) is 8.22. The fourth-order valence-electron chi connectivity index (χ4n) is 2.51. The molecular weight excluding hydrogens is 238 g/mol. The van der Waals surface area contributed by atoms with Crippen molar-refractivity contribution in [3.63, 3.8) is 0 Å². The third-order valence-electron chi connectivity index (χ3n) is 3.60. The number of halogens is 1. The van der Waals surface area contributed by atoms with Crippen molar-refractivity contribution < 1.29 is 9.84 Å². The van der Waals surface area contributed by atoms with Crippen LogP contribution in [0.3, 0.4) is 0 Å². The SMILES string of the molecule is COc1ccc(Cl)cc1C1(CO)CCNCC1. The van der Waals surface area contributed by atoms with Crippen LogP contribution in [0.1, 0.15) is 18.4 Å². The molecular formula is C13H18ClNO2. The Bertz CT molecular complexity index is 389. The van der Waals surface area contributed by atoms with E-state index in [4.69, 9.17) is 16.3 Å². The Hall–Kier alpha value is -0.770. The minimum atomic E-state index is -0.221. The summed E-state index contributed by atoms with van der Waals surface area (Å²) >= 11 is 6.06. The van der Waals surface area contributed by atoms with Crippen LogP contribution in [0.5, 0.6) is 5.75 Å². The molecule has 1 aliphatic rings. The number of piperidine rings is 1. The summed E-state index contributed by atoms with van der Waals surface area (Å²) in [5, 5.41) is 13.8. The second kappa shape index (κ2) is 5.25. The Kier molecular flexibility index (Phi) is 3.92. The van der Waals surface area contributed by atoms with E-state index in [1.54, 1.807) is 7.11 Å².